The number of benzene rings is 2. The molecule has 0 aliphatic heterocycles. The largest absolute Gasteiger partial charge is 0.308 e. The lowest BCUT2D eigenvalue weighted by molar-refractivity contribution is 0.627. The zero-order chi connectivity index (χ0) is 14.8. The highest BCUT2D eigenvalue weighted by molar-refractivity contribution is 5.92. The average molecular weight is 276 g/mol. The summed E-state index contributed by atoms with van der Waals surface area (Å²) in [5.41, 5.74) is 3.22. The molecular weight excluding hydrogens is 263 g/mol. The first kappa shape index (κ1) is 13.1. The van der Waals surface area contributed by atoms with E-state index in [1.165, 1.54) is 12.1 Å². The minimum atomic E-state index is -0.275. The van der Waals surface area contributed by atoms with Crippen LogP contribution in [0.15, 0.2) is 54.6 Å². The molecule has 0 saturated heterocycles. The summed E-state index contributed by atoms with van der Waals surface area (Å²) in [4.78, 5) is 0. The lowest BCUT2D eigenvalue weighted by atomic mass is 10.1. The van der Waals surface area contributed by atoms with Gasteiger partial charge in [0.2, 0.25) is 0 Å². The molecule has 0 aliphatic carbocycles. The first-order valence-corrected chi connectivity index (χ1v) is 6.68. The third-order valence-electron chi connectivity index (χ3n) is 3.43. The van der Waals surface area contributed by atoms with Gasteiger partial charge in [-0.3, -0.25) is 0 Å². The Hall–Kier alpha value is -2.86. The van der Waals surface area contributed by atoms with Crippen molar-refractivity contribution in [3.8, 4) is 11.8 Å². The van der Waals surface area contributed by atoms with Gasteiger partial charge in [0.15, 0.2) is 0 Å². The Balaban J connectivity index is 2.42. The minimum Gasteiger partial charge on any atom is -0.308 e. The molecule has 3 heteroatoms. The van der Waals surface area contributed by atoms with Crippen LogP contribution in [0.4, 0.5) is 4.39 Å². The Morgan fingerprint density at radius 3 is 2.48 bits per heavy atom. The predicted octanol–water partition coefficient (Wildman–Crippen LogP) is 4.67. The summed E-state index contributed by atoms with van der Waals surface area (Å²) < 4.78 is 15.1. The Bertz CT molecular complexity index is 865. The topological polar surface area (TPSA) is 28.7 Å². The minimum absolute atomic E-state index is 0.275. The molecule has 0 radical (unpaired) electrons. The van der Waals surface area contributed by atoms with E-state index in [2.05, 4.69) is 6.07 Å². The van der Waals surface area contributed by atoms with Crippen molar-refractivity contribution >= 4 is 17.0 Å². The van der Waals surface area contributed by atoms with Crippen LogP contribution in [-0.2, 0) is 0 Å². The van der Waals surface area contributed by atoms with E-state index in [4.69, 9.17) is 0 Å². The number of fused-ring (bicyclic) bond motifs is 1. The molecule has 1 heterocycles. The SMILES string of the molecule is C/C=C/c1c(C#N)c2ccccc2n1-c1ccc(F)cc1. The van der Waals surface area contributed by atoms with E-state index >= 15 is 0 Å². The summed E-state index contributed by atoms with van der Waals surface area (Å²) in [6, 6.07) is 16.3. The highest BCUT2D eigenvalue weighted by Crippen LogP contribution is 2.30. The number of nitriles is 1. The molecule has 3 aromatic rings. The smallest absolute Gasteiger partial charge is 0.123 e. The van der Waals surface area contributed by atoms with Gasteiger partial charge in [0.25, 0.3) is 0 Å². The molecule has 21 heavy (non-hydrogen) atoms. The third kappa shape index (κ3) is 2.11. The maximum absolute atomic E-state index is 13.2. The van der Waals surface area contributed by atoms with Crippen LogP contribution < -0.4 is 0 Å². The second-order valence-corrected chi connectivity index (χ2v) is 4.70. The molecule has 0 amide bonds. The van der Waals surface area contributed by atoms with Crippen LogP contribution in [0.25, 0.3) is 22.7 Å². The second kappa shape index (κ2) is 5.26. The quantitative estimate of drug-likeness (QED) is 0.668. The van der Waals surface area contributed by atoms with E-state index < -0.39 is 0 Å². The zero-order valence-corrected chi connectivity index (χ0v) is 11.5. The molecule has 0 N–H and O–H groups in total. The van der Waals surface area contributed by atoms with Gasteiger partial charge in [-0.15, -0.1) is 0 Å². The monoisotopic (exact) mass is 276 g/mol. The van der Waals surface area contributed by atoms with Crippen molar-refractivity contribution in [1.29, 1.82) is 5.26 Å². The van der Waals surface area contributed by atoms with Gasteiger partial charge in [-0.05, 0) is 43.3 Å². The van der Waals surface area contributed by atoms with Crippen LogP contribution in [-0.4, -0.2) is 4.57 Å². The molecular formula is C18H13FN2. The molecule has 0 atom stereocenters. The Kier molecular flexibility index (Phi) is 3.29. The van der Waals surface area contributed by atoms with E-state index in [0.29, 0.717) is 5.56 Å². The highest BCUT2D eigenvalue weighted by atomic mass is 19.1. The van der Waals surface area contributed by atoms with Gasteiger partial charge in [0.1, 0.15) is 11.9 Å². The maximum atomic E-state index is 13.2. The van der Waals surface area contributed by atoms with Crippen molar-refractivity contribution in [1.82, 2.24) is 4.57 Å². The van der Waals surface area contributed by atoms with Gasteiger partial charge >= 0.3 is 0 Å². The summed E-state index contributed by atoms with van der Waals surface area (Å²) in [5, 5.41) is 10.4. The average Bonchev–Trinajstić information content (AvgIpc) is 2.82. The second-order valence-electron chi connectivity index (χ2n) is 4.70. The lowest BCUT2D eigenvalue weighted by Crippen LogP contribution is -1.97. The predicted molar refractivity (Wildman–Crippen MR) is 82.7 cm³/mol. The number of para-hydroxylation sites is 1. The maximum Gasteiger partial charge on any atom is 0.123 e. The molecule has 102 valence electrons. The van der Waals surface area contributed by atoms with Crippen LogP contribution in [0.5, 0.6) is 0 Å². The van der Waals surface area contributed by atoms with E-state index in [9.17, 15) is 9.65 Å². The number of allylic oxidation sites excluding steroid dienone is 1. The molecule has 0 saturated carbocycles. The third-order valence-corrected chi connectivity index (χ3v) is 3.43. The van der Waals surface area contributed by atoms with Crippen molar-refractivity contribution in [2.24, 2.45) is 0 Å². The molecule has 0 spiro atoms. The van der Waals surface area contributed by atoms with Crippen LogP contribution in [0.2, 0.25) is 0 Å². The summed E-state index contributed by atoms with van der Waals surface area (Å²) in [6.45, 7) is 1.91. The molecule has 0 fully saturated rings. The Morgan fingerprint density at radius 1 is 1.10 bits per heavy atom. The summed E-state index contributed by atoms with van der Waals surface area (Å²) in [6.07, 6.45) is 3.80. The zero-order valence-electron chi connectivity index (χ0n) is 11.5. The van der Waals surface area contributed by atoms with Gasteiger partial charge in [-0.25, -0.2) is 4.39 Å². The summed E-state index contributed by atoms with van der Waals surface area (Å²) in [7, 11) is 0. The van der Waals surface area contributed by atoms with Gasteiger partial charge in [-0.2, -0.15) is 5.26 Å². The number of hydrogen-bond donors (Lipinski definition) is 0. The first-order chi connectivity index (χ1) is 10.3. The van der Waals surface area contributed by atoms with E-state index in [-0.39, 0.29) is 5.82 Å². The van der Waals surface area contributed by atoms with Crippen LogP contribution in [0, 0.1) is 17.1 Å². The van der Waals surface area contributed by atoms with Gasteiger partial charge in [-0.1, -0.05) is 24.3 Å². The van der Waals surface area contributed by atoms with E-state index in [1.54, 1.807) is 12.1 Å². The van der Waals surface area contributed by atoms with Gasteiger partial charge in [0, 0.05) is 11.1 Å². The van der Waals surface area contributed by atoms with E-state index in [1.807, 2.05) is 47.9 Å². The molecule has 2 aromatic carbocycles. The Morgan fingerprint density at radius 2 is 1.81 bits per heavy atom. The molecule has 0 unspecified atom stereocenters. The normalized spacial score (nSPS) is 11.1. The number of rotatable bonds is 2. The van der Waals surface area contributed by atoms with Crippen molar-refractivity contribution < 1.29 is 4.39 Å². The van der Waals surface area contributed by atoms with Crippen LogP contribution in [0.1, 0.15) is 18.2 Å². The fourth-order valence-electron chi connectivity index (χ4n) is 2.56. The molecule has 2 nitrogen and oxygen atoms in total. The first-order valence-electron chi connectivity index (χ1n) is 6.68. The number of aromatic nitrogens is 1. The Labute approximate surface area is 122 Å². The number of hydrogen-bond acceptors (Lipinski definition) is 1. The molecule has 1 aromatic heterocycles. The fraction of sp³-hybridized carbons (Fsp3) is 0.0556. The van der Waals surface area contributed by atoms with Gasteiger partial charge < -0.3 is 4.57 Å². The van der Waals surface area contributed by atoms with Crippen LogP contribution in [0.3, 0.4) is 0 Å². The summed E-state index contributed by atoms with van der Waals surface area (Å²) >= 11 is 0. The number of nitrogens with zero attached hydrogens (tertiary/aromatic N) is 2. The lowest BCUT2D eigenvalue weighted by Gasteiger charge is -2.08. The standard InChI is InChI=1S/C18H13FN2/c1-2-5-17-16(12-20)15-6-3-4-7-18(15)21(17)14-10-8-13(19)9-11-14/h2-11H,1H3/b5-2+. The summed E-state index contributed by atoms with van der Waals surface area (Å²) in [5.74, 6) is -0.275. The fourth-order valence-corrected chi connectivity index (χ4v) is 2.56. The van der Waals surface area contributed by atoms with Crippen molar-refractivity contribution in [2.45, 2.75) is 6.92 Å². The molecule has 0 bridgehead atoms. The van der Waals surface area contributed by atoms with Crippen molar-refractivity contribution in [2.75, 3.05) is 0 Å². The van der Waals surface area contributed by atoms with Crippen molar-refractivity contribution in [3.05, 3.63) is 71.7 Å². The van der Waals surface area contributed by atoms with E-state index in [0.717, 1.165) is 22.3 Å². The van der Waals surface area contributed by atoms with Crippen molar-refractivity contribution in [3.63, 3.8) is 0 Å². The van der Waals surface area contributed by atoms with Gasteiger partial charge in [0.05, 0.1) is 16.8 Å². The highest BCUT2D eigenvalue weighted by Gasteiger charge is 2.15. The van der Waals surface area contributed by atoms with Crippen LogP contribution >= 0.6 is 0 Å². The number of halogens is 1. The molecule has 0 aliphatic rings. The molecule has 3 rings (SSSR count).